The number of hydrogen-bond acceptors (Lipinski definition) is 3. The van der Waals surface area contributed by atoms with Crippen molar-refractivity contribution in [2.75, 3.05) is 6.54 Å². The minimum absolute atomic E-state index is 0.158. The van der Waals surface area contributed by atoms with Crippen LogP contribution >= 0.6 is 0 Å². The zero-order valence-electron chi connectivity index (χ0n) is 11.8. The summed E-state index contributed by atoms with van der Waals surface area (Å²) in [6.07, 6.45) is 4.45. The Hall–Kier alpha value is -2.14. The number of likely N-dealkylation sites (N-methyl/N-ethyl adjacent to an activating group) is 1. The normalized spacial score (nSPS) is 12.9. The van der Waals surface area contributed by atoms with Crippen molar-refractivity contribution < 1.29 is 0 Å². The Morgan fingerprint density at radius 2 is 2.20 bits per heavy atom. The largest absolute Gasteiger partial charge is 0.347 e. The van der Waals surface area contributed by atoms with E-state index in [1.807, 2.05) is 24.4 Å². The molecule has 2 heterocycles. The summed E-state index contributed by atoms with van der Waals surface area (Å²) in [6, 6.07) is 8.37. The Balaban J connectivity index is 1.92. The molecule has 5 heteroatoms. The van der Waals surface area contributed by atoms with E-state index >= 15 is 0 Å². The van der Waals surface area contributed by atoms with Crippen molar-refractivity contribution in [1.82, 2.24) is 24.8 Å². The van der Waals surface area contributed by atoms with E-state index in [1.54, 1.807) is 6.20 Å². The van der Waals surface area contributed by atoms with E-state index in [-0.39, 0.29) is 6.04 Å². The fourth-order valence-electron chi connectivity index (χ4n) is 2.54. The second-order valence-electron chi connectivity index (χ2n) is 4.86. The van der Waals surface area contributed by atoms with E-state index in [9.17, 15) is 0 Å². The van der Waals surface area contributed by atoms with Gasteiger partial charge >= 0.3 is 0 Å². The molecule has 1 aromatic carbocycles. The minimum atomic E-state index is 0.158. The highest BCUT2D eigenvalue weighted by Gasteiger charge is 2.17. The SMILES string of the molecule is CCNC(Cc1nc2ccccc2n1C)c1ncc[nH]1. The average Bonchev–Trinajstić information content (AvgIpc) is 3.08. The second kappa shape index (κ2) is 5.46. The zero-order chi connectivity index (χ0) is 13.9. The van der Waals surface area contributed by atoms with Crippen molar-refractivity contribution in [2.24, 2.45) is 7.05 Å². The third-order valence-electron chi connectivity index (χ3n) is 3.57. The van der Waals surface area contributed by atoms with Gasteiger partial charge in [-0.2, -0.15) is 0 Å². The first kappa shape index (κ1) is 12.9. The lowest BCUT2D eigenvalue weighted by atomic mass is 10.2. The van der Waals surface area contributed by atoms with Crippen LogP contribution in [0.3, 0.4) is 0 Å². The Morgan fingerprint density at radius 3 is 2.90 bits per heavy atom. The van der Waals surface area contributed by atoms with Crippen LogP contribution in [-0.4, -0.2) is 26.1 Å². The lowest BCUT2D eigenvalue weighted by Crippen LogP contribution is -2.25. The number of imidazole rings is 2. The van der Waals surface area contributed by atoms with Gasteiger partial charge in [-0.3, -0.25) is 0 Å². The van der Waals surface area contributed by atoms with Crippen molar-refractivity contribution in [3.63, 3.8) is 0 Å². The molecule has 0 radical (unpaired) electrons. The van der Waals surface area contributed by atoms with E-state index < -0.39 is 0 Å². The van der Waals surface area contributed by atoms with Gasteiger partial charge in [0, 0.05) is 25.9 Å². The molecule has 0 bridgehead atoms. The lowest BCUT2D eigenvalue weighted by Gasteiger charge is -2.15. The van der Waals surface area contributed by atoms with Crippen molar-refractivity contribution in [1.29, 1.82) is 0 Å². The zero-order valence-corrected chi connectivity index (χ0v) is 11.8. The molecule has 0 aliphatic carbocycles. The summed E-state index contributed by atoms with van der Waals surface area (Å²) in [4.78, 5) is 12.3. The topological polar surface area (TPSA) is 58.5 Å². The summed E-state index contributed by atoms with van der Waals surface area (Å²) in [5.41, 5.74) is 2.21. The molecule has 0 aliphatic heterocycles. The summed E-state index contributed by atoms with van der Waals surface area (Å²) in [7, 11) is 2.07. The molecule has 5 nitrogen and oxygen atoms in total. The van der Waals surface area contributed by atoms with Crippen LogP contribution in [0.25, 0.3) is 11.0 Å². The molecular weight excluding hydrogens is 250 g/mol. The van der Waals surface area contributed by atoms with Crippen molar-refractivity contribution in [2.45, 2.75) is 19.4 Å². The first-order chi connectivity index (χ1) is 9.79. The molecule has 0 saturated carbocycles. The van der Waals surface area contributed by atoms with Gasteiger partial charge in [-0.15, -0.1) is 0 Å². The summed E-state index contributed by atoms with van der Waals surface area (Å²) in [5, 5.41) is 3.46. The van der Waals surface area contributed by atoms with Gasteiger partial charge in [0.15, 0.2) is 0 Å². The highest BCUT2D eigenvalue weighted by molar-refractivity contribution is 5.75. The molecule has 2 N–H and O–H groups in total. The van der Waals surface area contributed by atoms with Crippen molar-refractivity contribution in [3.05, 3.63) is 48.3 Å². The van der Waals surface area contributed by atoms with Gasteiger partial charge in [0.1, 0.15) is 11.6 Å². The van der Waals surface area contributed by atoms with E-state index in [1.165, 1.54) is 0 Å². The number of benzene rings is 1. The van der Waals surface area contributed by atoms with Crippen LogP contribution in [-0.2, 0) is 13.5 Å². The number of hydrogen-bond donors (Lipinski definition) is 2. The molecule has 1 unspecified atom stereocenters. The maximum absolute atomic E-state index is 4.73. The molecule has 0 spiro atoms. The van der Waals surface area contributed by atoms with Crippen LogP contribution in [0.2, 0.25) is 0 Å². The number of aryl methyl sites for hydroxylation is 1. The molecule has 0 aliphatic rings. The lowest BCUT2D eigenvalue weighted by molar-refractivity contribution is 0.509. The number of aromatic amines is 1. The number of rotatable bonds is 5. The third-order valence-corrected chi connectivity index (χ3v) is 3.57. The molecule has 0 amide bonds. The maximum Gasteiger partial charge on any atom is 0.123 e. The minimum Gasteiger partial charge on any atom is -0.347 e. The second-order valence-corrected chi connectivity index (χ2v) is 4.86. The van der Waals surface area contributed by atoms with Gasteiger partial charge in [0.05, 0.1) is 17.1 Å². The van der Waals surface area contributed by atoms with Gasteiger partial charge in [0.2, 0.25) is 0 Å². The highest BCUT2D eigenvalue weighted by Crippen LogP contribution is 2.19. The number of H-pyrrole nitrogens is 1. The number of nitrogens with one attached hydrogen (secondary N) is 2. The van der Waals surface area contributed by atoms with Gasteiger partial charge in [-0.25, -0.2) is 9.97 Å². The first-order valence-corrected chi connectivity index (χ1v) is 6.92. The first-order valence-electron chi connectivity index (χ1n) is 6.92. The standard InChI is InChI=1S/C15H19N5/c1-3-16-12(15-17-8-9-18-15)10-14-19-11-6-4-5-7-13(11)20(14)2/h4-9,12,16H,3,10H2,1-2H3,(H,17,18). The smallest absolute Gasteiger partial charge is 0.123 e. The average molecular weight is 269 g/mol. The van der Waals surface area contributed by atoms with Crippen molar-refractivity contribution >= 4 is 11.0 Å². The molecule has 1 atom stereocenters. The number of para-hydroxylation sites is 2. The number of aromatic nitrogens is 4. The van der Waals surface area contributed by atoms with Crippen LogP contribution in [0, 0.1) is 0 Å². The van der Waals surface area contributed by atoms with Gasteiger partial charge < -0.3 is 14.9 Å². The summed E-state index contributed by atoms with van der Waals surface area (Å²) in [6.45, 7) is 3.00. The highest BCUT2D eigenvalue weighted by atomic mass is 15.1. The molecule has 104 valence electrons. The van der Waals surface area contributed by atoms with Crippen molar-refractivity contribution in [3.8, 4) is 0 Å². The van der Waals surface area contributed by atoms with Gasteiger partial charge in [-0.05, 0) is 18.7 Å². The molecule has 20 heavy (non-hydrogen) atoms. The Labute approximate surface area is 118 Å². The number of nitrogens with zero attached hydrogens (tertiary/aromatic N) is 3. The van der Waals surface area contributed by atoms with Gasteiger partial charge in [-0.1, -0.05) is 19.1 Å². The predicted molar refractivity (Wildman–Crippen MR) is 79.4 cm³/mol. The fraction of sp³-hybridized carbons (Fsp3) is 0.333. The monoisotopic (exact) mass is 269 g/mol. The number of fused-ring (bicyclic) bond motifs is 1. The van der Waals surface area contributed by atoms with E-state index in [4.69, 9.17) is 4.98 Å². The van der Waals surface area contributed by atoms with Gasteiger partial charge in [0.25, 0.3) is 0 Å². The van der Waals surface area contributed by atoms with E-state index in [0.29, 0.717) is 0 Å². The van der Waals surface area contributed by atoms with Crippen LogP contribution in [0.5, 0.6) is 0 Å². The summed E-state index contributed by atoms with van der Waals surface area (Å²) < 4.78 is 2.16. The molecule has 3 rings (SSSR count). The molecule has 0 saturated heterocycles. The van der Waals surface area contributed by atoms with E-state index in [2.05, 4.69) is 39.9 Å². The fourth-order valence-corrected chi connectivity index (χ4v) is 2.54. The Bertz CT molecular complexity index is 683. The summed E-state index contributed by atoms with van der Waals surface area (Å²) in [5.74, 6) is 2.02. The van der Waals surface area contributed by atoms with Crippen LogP contribution in [0.15, 0.2) is 36.7 Å². The van der Waals surface area contributed by atoms with E-state index in [0.717, 1.165) is 35.6 Å². The maximum atomic E-state index is 4.73. The Kier molecular flexibility index (Phi) is 3.52. The van der Waals surface area contributed by atoms with Crippen LogP contribution in [0.4, 0.5) is 0 Å². The third kappa shape index (κ3) is 2.32. The molecule has 2 aromatic heterocycles. The van der Waals surface area contributed by atoms with Crippen LogP contribution < -0.4 is 5.32 Å². The molecule has 3 aromatic rings. The quantitative estimate of drug-likeness (QED) is 0.746. The summed E-state index contributed by atoms with van der Waals surface area (Å²) >= 11 is 0. The van der Waals surface area contributed by atoms with Crippen LogP contribution in [0.1, 0.15) is 24.6 Å². The molecular formula is C15H19N5. The molecule has 0 fully saturated rings. The Morgan fingerprint density at radius 1 is 1.35 bits per heavy atom. The predicted octanol–water partition coefficient (Wildman–Crippen LogP) is 2.19.